The van der Waals surface area contributed by atoms with Crippen molar-refractivity contribution in [3.8, 4) is 5.75 Å². The fourth-order valence-electron chi connectivity index (χ4n) is 3.92. The molecule has 4 rings (SSSR count). The van der Waals surface area contributed by atoms with Crippen molar-refractivity contribution in [3.63, 3.8) is 0 Å². The van der Waals surface area contributed by atoms with Gasteiger partial charge >= 0.3 is 0 Å². The van der Waals surface area contributed by atoms with Crippen LogP contribution in [0.5, 0.6) is 5.75 Å². The molecule has 6 nitrogen and oxygen atoms in total. The number of benzene rings is 3. The zero-order valence-corrected chi connectivity index (χ0v) is 19.8. The molecule has 0 aliphatic carbocycles. The summed E-state index contributed by atoms with van der Waals surface area (Å²) in [6.45, 7) is 0.122. The lowest BCUT2D eigenvalue weighted by Gasteiger charge is -2.31. The third-order valence-corrected chi connectivity index (χ3v) is 5.68. The molecule has 0 aliphatic rings. The number of pyridine rings is 1. The quantitative estimate of drug-likeness (QED) is 0.356. The van der Waals surface area contributed by atoms with Gasteiger partial charge in [0.25, 0.3) is 5.91 Å². The molecule has 7 heteroatoms. The van der Waals surface area contributed by atoms with E-state index in [1.807, 2.05) is 36.4 Å². The molecular weight excluding hydrogens is 457 g/mol. The van der Waals surface area contributed by atoms with Crippen molar-refractivity contribution >= 4 is 17.5 Å². The van der Waals surface area contributed by atoms with Gasteiger partial charge in [-0.2, -0.15) is 0 Å². The summed E-state index contributed by atoms with van der Waals surface area (Å²) in [6.07, 6.45) is 3.37. The van der Waals surface area contributed by atoms with Crippen LogP contribution in [-0.2, 0) is 22.6 Å². The molecule has 0 spiro atoms. The Morgan fingerprint density at radius 2 is 1.69 bits per heavy atom. The van der Waals surface area contributed by atoms with Gasteiger partial charge in [0.15, 0.2) is 0 Å². The molecule has 3 aromatic carbocycles. The first-order valence-corrected chi connectivity index (χ1v) is 11.5. The Morgan fingerprint density at radius 1 is 0.944 bits per heavy atom. The number of hydrogen-bond acceptors (Lipinski definition) is 4. The van der Waals surface area contributed by atoms with E-state index >= 15 is 0 Å². The van der Waals surface area contributed by atoms with Crippen LogP contribution in [-0.4, -0.2) is 28.8 Å². The molecule has 1 aromatic heterocycles. The van der Waals surface area contributed by atoms with Gasteiger partial charge in [0.2, 0.25) is 5.91 Å². The minimum atomic E-state index is -1.08. The second-order valence-electron chi connectivity index (χ2n) is 8.22. The maximum Gasteiger partial charge on any atom is 0.251 e. The van der Waals surface area contributed by atoms with E-state index in [1.54, 1.807) is 55.9 Å². The zero-order chi connectivity index (χ0) is 25.3. The number of carbonyl (C=O) groups excluding carboxylic acids is 2. The van der Waals surface area contributed by atoms with Gasteiger partial charge in [-0.15, -0.1) is 0 Å². The van der Waals surface area contributed by atoms with E-state index in [2.05, 4.69) is 10.3 Å². The van der Waals surface area contributed by atoms with E-state index in [0.717, 1.165) is 11.1 Å². The van der Waals surface area contributed by atoms with Crippen molar-refractivity contribution in [1.29, 1.82) is 0 Å². The first-order chi connectivity index (χ1) is 17.5. The molecule has 0 aliphatic heterocycles. The summed E-state index contributed by atoms with van der Waals surface area (Å²) in [6, 6.07) is 24.4. The Hall–Kier alpha value is -4.52. The molecule has 1 N–H and O–H groups in total. The monoisotopic (exact) mass is 483 g/mol. The minimum absolute atomic E-state index is 0.0860. The van der Waals surface area contributed by atoms with Crippen LogP contribution in [0, 0.1) is 5.82 Å². The highest BCUT2D eigenvalue weighted by Gasteiger charge is 2.32. The van der Waals surface area contributed by atoms with Crippen LogP contribution in [0.25, 0.3) is 0 Å². The number of methoxy groups -OCH3 is 1. The third kappa shape index (κ3) is 6.33. The maximum atomic E-state index is 14.3. The molecule has 36 heavy (non-hydrogen) atoms. The van der Waals surface area contributed by atoms with Crippen molar-refractivity contribution in [1.82, 2.24) is 9.88 Å². The molecule has 0 bridgehead atoms. The lowest BCUT2D eigenvalue weighted by atomic mass is 10.0. The Labute approximate surface area is 209 Å². The molecule has 2 amide bonds. The van der Waals surface area contributed by atoms with Gasteiger partial charge in [0, 0.05) is 24.6 Å². The average molecular weight is 484 g/mol. The Bertz CT molecular complexity index is 1300. The average Bonchev–Trinajstić information content (AvgIpc) is 2.90. The Balaban J connectivity index is 1.72. The number of aromatic nitrogens is 1. The number of amides is 2. The highest BCUT2D eigenvalue weighted by molar-refractivity contribution is 5.98. The van der Waals surface area contributed by atoms with Gasteiger partial charge in [0.1, 0.15) is 17.6 Å². The predicted molar refractivity (Wildman–Crippen MR) is 136 cm³/mol. The van der Waals surface area contributed by atoms with Crippen LogP contribution in [0.15, 0.2) is 103 Å². The standard InChI is InChI=1S/C29H26FN3O3/c1-36-26-14-12-25(13-15-26)32-29(35)28(23-10-5-11-24(30)18-23)33(20-22-9-6-16-31-19-22)27(34)17-21-7-3-2-4-8-21/h2-16,18-19,28H,17,20H2,1H3,(H,32,35). The summed E-state index contributed by atoms with van der Waals surface area (Å²) in [5.74, 6) is -0.585. The van der Waals surface area contributed by atoms with Crippen molar-refractivity contribution in [2.24, 2.45) is 0 Å². The van der Waals surface area contributed by atoms with Crippen LogP contribution in [0.1, 0.15) is 22.7 Å². The number of nitrogens with zero attached hydrogens (tertiary/aromatic N) is 2. The van der Waals surface area contributed by atoms with Crippen molar-refractivity contribution in [3.05, 3.63) is 126 Å². The van der Waals surface area contributed by atoms with E-state index in [0.29, 0.717) is 17.0 Å². The van der Waals surface area contributed by atoms with E-state index in [-0.39, 0.29) is 18.9 Å². The number of hydrogen-bond donors (Lipinski definition) is 1. The Morgan fingerprint density at radius 3 is 2.36 bits per heavy atom. The summed E-state index contributed by atoms with van der Waals surface area (Å²) in [5, 5.41) is 2.87. The van der Waals surface area contributed by atoms with Gasteiger partial charge in [-0.25, -0.2) is 4.39 Å². The van der Waals surface area contributed by atoms with Gasteiger partial charge in [-0.1, -0.05) is 48.5 Å². The summed E-state index contributed by atoms with van der Waals surface area (Å²) < 4.78 is 19.5. The highest BCUT2D eigenvalue weighted by Crippen LogP contribution is 2.27. The summed E-state index contributed by atoms with van der Waals surface area (Å²) in [5.41, 5.74) is 2.45. The zero-order valence-electron chi connectivity index (χ0n) is 19.8. The van der Waals surface area contributed by atoms with E-state index in [1.165, 1.54) is 23.1 Å². The predicted octanol–water partition coefficient (Wildman–Crippen LogP) is 5.18. The molecule has 0 saturated carbocycles. The number of rotatable bonds is 9. The van der Waals surface area contributed by atoms with E-state index in [4.69, 9.17) is 4.74 Å². The second kappa shape index (κ2) is 11.8. The molecular formula is C29H26FN3O3. The molecule has 0 radical (unpaired) electrons. The number of nitrogens with one attached hydrogen (secondary N) is 1. The number of anilines is 1. The fraction of sp³-hybridized carbons (Fsp3) is 0.138. The molecule has 0 fully saturated rings. The smallest absolute Gasteiger partial charge is 0.251 e. The van der Waals surface area contributed by atoms with Crippen molar-refractivity contribution in [2.45, 2.75) is 19.0 Å². The number of carbonyl (C=O) groups is 2. The van der Waals surface area contributed by atoms with Gasteiger partial charge < -0.3 is 15.0 Å². The van der Waals surface area contributed by atoms with Crippen LogP contribution >= 0.6 is 0 Å². The first kappa shape index (κ1) is 24.6. The fourth-order valence-corrected chi connectivity index (χ4v) is 3.92. The molecule has 1 heterocycles. The lowest BCUT2D eigenvalue weighted by Crippen LogP contribution is -2.41. The summed E-state index contributed by atoms with van der Waals surface area (Å²) in [7, 11) is 1.56. The van der Waals surface area contributed by atoms with Crippen molar-refractivity contribution in [2.75, 3.05) is 12.4 Å². The Kier molecular flexibility index (Phi) is 8.03. The van der Waals surface area contributed by atoms with Crippen LogP contribution < -0.4 is 10.1 Å². The molecule has 4 aromatic rings. The number of halogens is 1. The van der Waals surface area contributed by atoms with E-state index in [9.17, 15) is 14.0 Å². The first-order valence-electron chi connectivity index (χ1n) is 11.5. The lowest BCUT2D eigenvalue weighted by molar-refractivity contribution is -0.139. The van der Waals surface area contributed by atoms with Crippen molar-refractivity contribution < 1.29 is 18.7 Å². The highest BCUT2D eigenvalue weighted by atomic mass is 19.1. The summed E-state index contributed by atoms with van der Waals surface area (Å²) >= 11 is 0. The second-order valence-corrected chi connectivity index (χ2v) is 8.22. The molecule has 1 atom stereocenters. The van der Waals surface area contributed by atoms with Gasteiger partial charge in [-0.05, 0) is 59.2 Å². The van der Waals surface area contributed by atoms with Gasteiger partial charge in [0.05, 0.1) is 13.5 Å². The van der Waals surface area contributed by atoms with Crippen LogP contribution in [0.4, 0.5) is 10.1 Å². The SMILES string of the molecule is COc1ccc(NC(=O)C(c2cccc(F)c2)N(Cc2cccnc2)C(=O)Cc2ccccc2)cc1. The topological polar surface area (TPSA) is 71.5 Å². The van der Waals surface area contributed by atoms with Crippen LogP contribution in [0.3, 0.4) is 0 Å². The van der Waals surface area contributed by atoms with Gasteiger partial charge in [-0.3, -0.25) is 14.6 Å². The summed E-state index contributed by atoms with van der Waals surface area (Å²) in [4.78, 5) is 33.0. The van der Waals surface area contributed by atoms with E-state index < -0.39 is 17.8 Å². The minimum Gasteiger partial charge on any atom is -0.497 e. The normalized spacial score (nSPS) is 11.4. The molecule has 182 valence electrons. The maximum absolute atomic E-state index is 14.3. The third-order valence-electron chi connectivity index (χ3n) is 5.68. The molecule has 0 saturated heterocycles. The van der Waals surface area contributed by atoms with Crippen LogP contribution in [0.2, 0.25) is 0 Å². The molecule has 1 unspecified atom stereocenters. The number of ether oxygens (including phenoxy) is 1. The largest absolute Gasteiger partial charge is 0.497 e.